The Morgan fingerprint density at radius 1 is 1.27 bits per heavy atom. The maximum atomic E-state index is 9.51. The van der Waals surface area contributed by atoms with Crippen molar-refractivity contribution in [2.45, 2.75) is 31.8 Å². The van der Waals surface area contributed by atoms with Gasteiger partial charge >= 0.3 is 0 Å². The maximum Gasteiger partial charge on any atom is 0.0751 e. The summed E-state index contributed by atoms with van der Waals surface area (Å²) in [5.74, 6) is 2.27. The molecule has 3 unspecified atom stereocenters. The van der Waals surface area contributed by atoms with E-state index in [2.05, 4.69) is 6.58 Å². The van der Waals surface area contributed by atoms with Gasteiger partial charge in [0, 0.05) is 0 Å². The molecule has 1 nitrogen and oxygen atoms in total. The van der Waals surface area contributed by atoms with Crippen LogP contribution < -0.4 is 0 Å². The molecule has 0 radical (unpaired) electrons. The summed E-state index contributed by atoms with van der Waals surface area (Å²) in [5.41, 5.74) is 0. The van der Waals surface area contributed by atoms with Gasteiger partial charge in [0.05, 0.1) is 6.10 Å². The van der Waals surface area contributed by atoms with E-state index in [9.17, 15) is 5.11 Å². The van der Waals surface area contributed by atoms with Crippen molar-refractivity contribution in [3.05, 3.63) is 12.7 Å². The Hall–Kier alpha value is -0.300. The van der Waals surface area contributed by atoms with Gasteiger partial charge in [-0.1, -0.05) is 18.9 Å². The second-order valence-electron chi connectivity index (χ2n) is 3.92. The lowest BCUT2D eigenvalue weighted by molar-refractivity contribution is 0.188. The molecule has 0 spiro atoms. The van der Waals surface area contributed by atoms with Gasteiger partial charge in [0.2, 0.25) is 0 Å². The third-order valence-corrected chi connectivity index (χ3v) is 3.36. The Morgan fingerprint density at radius 2 is 1.82 bits per heavy atom. The van der Waals surface area contributed by atoms with Gasteiger partial charge in [-0.25, -0.2) is 0 Å². The first-order chi connectivity index (χ1) is 5.34. The molecule has 0 amide bonds. The topological polar surface area (TPSA) is 20.2 Å². The predicted octanol–water partition coefficient (Wildman–Crippen LogP) is 1.97. The van der Waals surface area contributed by atoms with Gasteiger partial charge in [-0.05, 0) is 30.6 Å². The Bertz CT molecular complexity index is 152. The highest BCUT2D eigenvalue weighted by Crippen LogP contribution is 2.57. The van der Waals surface area contributed by atoms with Crippen LogP contribution in [0.25, 0.3) is 0 Å². The van der Waals surface area contributed by atoms with Crippen molar-refractivity contribution >= 4 is 0 Å². The Kier molecular flexibility index (Phi) is 1.76. The van der Waals surface area contributed by atoms with E-state index in [4.69, 9.17) is 0 Å². The van der Waals surface area contributed by atoms with Crippen molar-refractivity contribution in [3.8, 4) is 0 Å². The van der Waals surface area contributed by atoms with Crippen molar-refractivity contribution in [1.29, 1.82) is 0 Å². The Labute approximate surface area is 68.1 Å². The summed E-state index contributed by atoms with van der Waals surface area (Å²) < 4.78 is 0. The summed E-state index contributed by atoms with van der Waals surface area (Å²) in [4.78, 5) is 0. The molecule has 62 valence electrons. The summed E-state index contributed by atoms with van der Waals surface area (Å²) in [7, 11) is 0. The number of fused-ring (bicyclic) bond motifs is 1. The minimum Gasteiger partial charge on any atom is -0.389 e. The van der Waals surface area contributed by atoms with Crippen LogP contribution in [0.3, 0.4) is 0 Å². The molecule has 2 aliphatic rings. The summed E-state index contributed by atoms with van der Waals surface area (Å²) >= 11 is 0. The van der Waals surface area contributed by atoms with Gasteiger partial charge in [0.25, 0.3) is 0 Å². The van der Waals surface area contributed by atoms with Gasteiger partial charge in [0.15, 0.2) is 0 Å². The van der Waals surface area contributed by atoms with Crippen LogP contribution in [0.5, 0.6) is 0 Å². The van der Waals surface area contributed by atoms with Crippen LogP contribution in [0.1, 0.15) is 25.7 Å². The SMILES string of the molecule is C=CC(O)C1C2CCCCC21. The molecular weight excluding hydrogens is 136 g/mol. The van der Waals surface area contributed by atoms with Gasteiger partial charge in [0.1, 0.15) is 0 Å². The number of hydrogen-bond acceptors (Lipinski definition) is 1. The first-order valence-corrected chi connectivity index (χ1v) is 4.65. The molecule has 2 fully saturated rings. The molecule has 0 aromatic heterocycles. The zero-order chi connectivity index (χ0) is 7.84. The second-order valence-corrected chi connectivity index (χ2v) is 3.92. The number of rotatable bonds is 2. The van der Waals surface area contributed by atoms with E-state index in [1.54, 1.807) is 6.08 Å². The van der Waals surface area contributed by atoms with Gasteiger partial charge < -0.3 is 5.11 Å². The van der Waals surface area contributed by atoms with E-state index in [1.165, 1.54) is 25.7 Å². The molecule has 2 aliphatic carbocycles. The average molecular weight is 152 g/mol. The largest absolute Gasteiger partial charge is 0.389 e. The quantitative estimate of drug-likeness (QED) is 0.600. The van der Waals surface area contributed by atoms with Crippen molar-refractivity contribution in [1.82, 2.24) is 0 Å². The van der Waals surface area contributed by atoms with Crippen LogP contribution in [0.4, 0.5) is 0 Å². The van der Waals surface area contributed by atoms with Gasteiger partial charge in [-0.3, -0.25) is 0 Å². The Balaban J connectivity index is 1.94. The molecule has 1 heteroatoms. The molecule has 0 saturated heterocycles. The fraction of sp³-hybridized carbons (Fsp3) is 0.800. The lowest BCUT2D eigenvalue weighted by atomic mass is 10.0. The van der Waals surface area contributed by atoms with E-state index in [1.807, 2.05) is 0 Å². The fourth-order valence-corrected chi connectivity index (χ4v) is 2.71. The normalized spacial score (nSPS) is 44.3. The molecule has 0 bridgehead atoms. The summed E-state index contributed by atoms with van der Waals surface area (Å²) in [6.07, 6.45) is 6.93. The number of hydrogen-bond donors (Lipinski definition) is 1. The number of aliphatic hydroxyl groups is 1. The summed E-state index contributed by atoms with van der Waals surface area (Å²) in [6.45, 7) is 3.63. The Morgan fingerprint density at radius 3 is 2.27 bits per heavy atom. The van der Waals surface area contributed by atoms with Crippen LogP contribution in [-0.2, 0) is 0 Å². The average Bonchev–Trinajstić information content (AvgIpc) is 2.77. The molecule has 0 heterocycles. The zero-order valence-corrected chi connectivity index (χ0v) is 6.87. The van der Waals surface area contributed by atoms with E-state index < -0.39 is 0 Å². The van der Waals surface area contributed by atoms with E-state index in [-0.39, 0.29) is 6.10 Å². The lowest BCUT2D eigenvalue weighted by Gasteiger charge is -2.04. The first-order valence-electron chi connectivity index (χ1n) is 4.65. The molecule has 0 aromatic rings. The third kappa shape index (κ3) is 1.12. The molecule has 2 saturated carbocycles. The minimum atomic E-state index is -0.219. The predicted molar refractivity (Wildman–Crippen MR) is 45.1 cm³/mol. The van der Waals surface area contributed by atoms with Crippen molar-refractivity contribution < 1.29 is 5.11 Å². The van der Waals surface area contributed by atoms with Gasteiger partial charge in [-0.15, -0.1) is 6.58 Å². The maximum absolute atomic E-state index is 9.51. The molecule has 3 atom stereocenters. The van der Waals surface area contributed by atoms with Crippen molar-refractivity contribution in [2.24, 2.45) is 17.8 Å². The standard InChI is InChI=1S/C10H16O/c1-2-9(11)10-7-5-3-4-6-8(7)10/h2,7-11H,1,3-6H2. The highest BCUT2D eigenvalue weighted by Gasteiger charge is 2.52. The van der Waals surface area contributed by atoms with Crippen molar-refractivity contribution in [3.63, 3.8) is 0 Å². The lowest BCUT2D eigenvalue weighted by Crippen LogP contribution is -2.06. The smallest absolute Gasteiger partial charge is 0.0751 e. The van der Waals surface area contributed by atoms with Crippen LogP contribution in [0, 0.1) is 17.8 Å². The van der Waals surface area contributed by atoms with Crippen LogP contribution in [0.15, 0.2) is 12.7 Å². The monoisotopic (exact) mass is 152 g/mol. The number of aliphatic hydroxyl groups excluding tert-OH is 1. The zero-order valence-electron chi connectivity index (χ0n) is 6.87. The van der Waals surface area contributed by atoms with Crippen LogP contribution in [-0.4, -0.2) is 11.2 Å². The van der Waals surface area contributed by atoms with Crippen LogP contribution >= 0.6 is 0 Å². The summed E-state index contributed by atoms with van der Waals surface area (Å²) in [6, 6.07) is 0. The van der Waals surface area contributed by atoms with Crippen LogP contribution in [0.2, 0.25) is 0 Å². The molecule has 2 rings (SSSR count). The van der Waals surface area contributed by atoms with Gasteiger partial charge in [-0.2, -0.15) is 0 Å². The third-order valence-electron chi connectivity index (χ3n) is 3.36. The highest BCUT2D eigenvalue weighted by molar-refractivity contribution is 5.06. The summed E-state index contributed by atoms with van der Waals surface area (Å²) in [5, 5.41) is 9.51. The molecule has 1 N–H and O–H groups in total. The minimum absolute atomic E-state index is 0.219. The molecule has 0 aromatic carbocycles. The molecular formula is C10H16O. The van der Waals surface area contributed by atoms with E-state index in [0.29, 0.717) is 5.92 Å². The second kappa shape index (κ2) is 2.63. The fourth-order valence-electron chi connectivity index (χ4n) is 2.71. The first kappa shape index (κ1) is 7.35. The molecule has 0 aliphatic heterocycles. The van der Waals surface area contributed by atoms with E-state index in [0.717, 1.165) is 11.8 Å². The van der Waals surface area contributed by atoms with E-state index >= 15 is 0 Å². The highest BCUT2D eigenvalue weighted by atomic mass is 16.3. The molecule has 11 heavy (non-hydrogen) atoms. The van der Waals surface area contributed by atoms with Crippen molar-refractivity contribution in [2.75, 3.05) is 0 Å².